The Kier molecular flexibility index (Phi) is 5.77. The van der Waals surface area contributed by atoms with Gasteiger partial charge in [0.05, 0.1) is 0 Å². The summed E-state index contributed by atoms with van der Waals surface area (Å²) in [6.45, 7) is 2.34. The van der Waals surface area contributed by atoms with Gasteiger partial charge in [-0.3, -0.25) is 4.79 Å². The molecule has 1 aromatic rings. The van der Waals surface area contributed by atoms with E-state index in [4.69, 9.17) is 5.73 Å². The molecule has 0 aliphatic heterocycles. The third-order valence-corrected chi connectivity index (χ3v) is 5.65. The van der Waals surface area contributed by atoms with Crippen molar-refractivity contribution >= 4 is 15.9 Å². The lowest BCUT2D eigenvalue weighted by atomic mass is 10.0. The molecule has 4 N–H and O–H groups in total. The summed E-state index contributed by atoms with van der Waals surface area (Å²) >= 11 is 0. The van der Waals surface area contributed by atoms with Crippen LogP contribution in [-0.4, -0.2) is 43.0 Å². The lowest BCUT2D eigenvalue weighted by Crippen LogP contribution is -2.41. The van der Waals surface area contributed by atoms with Crippen molar-refractivity contribution in [2.45, 2.75) is 43.7 Å². The van der Waals surface area contributed by atoms with E-state index in [-0.39, 0.29) is 29.9 Å². The molecule has 130 valence electrons. The molecule has 8 nitrogen and oxygen atoms in total. The average molecular weight is 343 g/mol. The first-order valence-electron chi connectivity index (χ1n) is 7.82. The maximum Gasteiger partial charge on any atom is 0.259 e. The molecule has 0 saturated heterocycles. The lowest BCUT2D eigenvalue weighted by molar-refractivity contribution is -0.121. The van der Waals surface area contributed by atoms with E-state index in [1.54, 1.807) is 18.5 Å². The normalized spacial score (nSPS) is 21.5. The molecule has 0 bridgehead atoms. The summed E-state index contributed by atoms with van der Waals surface area (Å²) in [5.74, 6) is 0.777. The molecule has 2 rings (SSSR count). The molecule has 1 saturated carbocycles. The summed E-state index contributed by atoms with van der Waals surface area (Å²) in [4.78, 5) is 15.9. The Balaban J connectivity index is 1.81. The highest BCUT2D eigenvalue weighted by molar-refractivity contribution is 7.89. The molecule has 1 aliphatic carbocycles. The predicted molar refractivity (Wildman–Crippen MR) is 86.1 cm³/mol. The van der Waals surface area contributed by atoms with Gasteiger partial charge in [0.15, 0.2) is 5.03 Å². The van der Waals surface area contributed by atoms with Crippen LogP contribution in [0.4, 0.5) is 0 Å². The van der Waals surface area contributed by atoms with Crippen molar-refractivity contribution in [1.29, 1.82) is 0 Å². The van der Waals surface area contributed by atoms with E-state index in [2.05, 4.69) is 15.0 Å². The van der Waals surface area contributed by atoms with Crippen molar-refractivity contribution in [3.05, 3.63) is 12.0 Å². The van der Waals surface area contributed by atoms with Crippen molar-refractivity contribution in [2.24, 2.45) is 18.7 Å². The third kappa shape index (κ3) is 4.52. The van der Waals surface area contributed by atoms with Crippen molar-refractivity contribution in [1.82, 2.24) is 19.6 Å². The van der Waals surface area contributed by atoms with Gasteiger partial charge in [0.2, 0.25) is 5.91 Å². The minimum absolute atomic E-state index is 0.0307. The largest absolute Gasteiger partial charge is 0.353 e. The SMILES string of the molecule is Cc1nc(S(=O)(=O)NCCC(=O)NC2CCCC2CN)cn1C. The Labute approximate surface area is 136 Å². The number of rotatable bonds is 7. The smallest absolute Gasteiger partial charge is 0.259 e. The molecular formula is C14H25N5O3S. The van der Waals surface area contributed by atoms with Gasteiger partial charge in [-0.15, -0.1) is 0 Å². The maximum absolute atomic E-state index is 12.1. The summed E-state index contributed by atoms with van der Waals surface area (Å²) < 4.78 is 28.2. The van der Waals surface area contributed by atoms with E-state index in [9.17, 15) is 13.2 Å². The van der Waals surface area contributed by atoms with Crippen LogP contribution in [0.1, 0.15) is 31.5 Å². The van der Waals surface area contributed by atoms with Gasteiger partial charge in [0.1, 0.15) is 5.82 Å². The van der Waals surface area contributed by atoms with Crippen molar-refractivity contribution in [2.75, 3.05) is 13.1 Å². The molecule has 1 aliphatic rings. The van der Waals surface area contributed by atoms with Crippen LogP contribution in [0.2, 0.25) is 0 Å². The maximum atomic E-state index is 12.1. The van der Waals surface area contributed by atoms with Gasteiger partial charge in [-0.05, 0) is 32.2 Å². The molecule has 0 spiro atoms. The van der Waals surface area contributed by atoms with Crippen molar-refractivity contribution in [3.63, 3.8) is 0 Å². The van der Waals surface area contributed by atoms with E-state index in [1.807, 2.05) is 0 Å². The second-order valence-electron chi connectivity index (χ2n) is 5.99. The number of nitrogens with zero attached hydrogens (tertiary/aromatic N) is 2. The zero-order chi connectivity index (χ0) is 17.0. The third-order valence-electron chi connectivity index (χ3n) is 4.31. The number of aryl methyl sites for hydroxylation is 2. The highest BCUT2D eigenvalue weighted by atomic mass is 32.2. The summed E-state index contributed by atoms with van der Waals surface area (Å²) in [7, 11) is -1.96. The van der Waals surface area contributed by atoms with Crippen LogP contribution >= 0.6 is 0 Å². The molecule has 1 fully saturated rings. The first-order chi connectivity index (χ1) is 10.8. The highest BCUT2D eigenvalue weighted by Crippen LogP contribution is 2.24. The molecule has 1 heterocycles. The second-order valence-corrected chi connectivity index (χ2v) is 7.70. The summed E-state index contributed by atoms with van der Waals surface area (Å²) in [6.07, 6.45) is 4.58. The van der Waals surface area contributed by atoms with Gasteiger partial charge in [0.25, 0.3) is 10.0 Å². The minimum Gasteiger partial charge on any atom is -0.353 e. The molecule has 23 heavy (non-hydrogen) atoms. The summed E-state index contributed by atoms with van der Waals surface area (Å²) in [6, 6.07) is 0.113. The molecule has 2 unspecified atom stereocenters. The number of carbonyl (C=O) groups excluding carboxylic acids is 1. The van der Waals surface area contributed by atoms with Crippen LogP contribution in [0.15, 0.2) is 11.2 Å². The Hall–Kier alpha value is -1.45. The van der Waals surface area contributed by atoms with E-state index in [0.29, 0.717) is 18.3 Å². The molecule has 0 aromatic carbocycles. The van der Waals surface area contributed by atoms with E-state index >= 15 is 0 Å². The van der Waals surface area contributed by atoms with Crippen molar-refractivity contribution < 1.29 is 13.2 Å². The van der Waals surface area contributed by atoms with Crippen LogP contribution in [0, 0.1) is 12.8 Å². The van der Waals surface area contributed by atoms with E-state index in [0.717, 1.165) is 19.3 Å². The first-order valence-corrected chi connectivity index (χ1v) is 9.31. The fraction of sp³-hybridized carbons (Fsp3) is 0.714. The number of hydrogen-bond donors (Lipinski definition) is 3. The monoisotopic (exact) mass is 343 g/mol. The number of sulfonamides is 1. The van der Waals surface area contributed by atoms with Crippen LogP contribution in [0.5, 0.6) is 0 Å². The number of hydrogen-bond acceptors (Lipinski definition) is 5. The molecule has 1 aromatic heterocycles. The van der Waals surface area contributed by atoms with Gasteiger partial charge < -0.3 is 15.6 Å². The number of carbonyl (C=O) groups is 1. The van der Waals surface area contributed by atoms with Gasteiger partial charge in [-0.25, -0.2) is 18.1 Å². The molecular weight excluding hydrogens is 318 g/mol. The van der Waals surface area contributed by atoms with Crippen LogP contribution in [-0.2, 0) is 21.9 Å². The van der Waals surface area contributed by atoms with E-state index in [1.165, 1.54) is 6.20 Å². The van der Waals surface area contributed by atoms with Crippen LogP contribution in [0.3, 0.4) is 0 Å². The first kappa shape index (κ1) is 17.9. The molecule has 1 amide bonds. The number of amides is 1. The number of nitrogens with one attached hydrogen (secondary N) is 2. The Morgan fingerprint density at radius 3 is 2.83 bits per heavy atom. The Bertz CT molecular complexity index is 636. The zero-order valence-corrected chi connectivity index (χ0v) is 14.4. The topological polar surface area (TPSA) is 119 Å². The Morgan fingerprint density at radius 1 is 1.48 bits per heavy atom. The minimum atomic E-state index is -3.68. The van der Waals surface area contributed by atoms with Crippen molar-refractivity contribution in [3.8, 4) is 0 Å². The molecule has 0 radical (unpaired) electrons. The summed E-state index contributed by atoms with van der Waals surface area (Å²) in [5, 5.41) is 2.91. The fourth-order valence-electron chi connectivity index (χ4n) is 2.82. The highest BCUT2D eigenvalue weighted by Gasteiger charge is 2.27. The lowest BCUT2D eigenvalue weighted by Gasteiger charge is -2.19. The van der Waals surface area contributed by atoms with Gasteiger partial charge in [0, 0.05) is 32.3 Å². The van der Waals surface area contributed by atoms with Crippen LogP contribution in [0.25, 0.3) is 0 Å². The standard InChI is InChI=1S/C14H25N5O3S/c1-10-17-14(9-19(10)2)23(21,22)16-7-6-13(20)18-12-5-3-4-11(12)8-15/h9,11-12,16H,3-8,15H2,1-2H3,(H,18,20). The number of aromatic nitrogens is 2. The molecule has 9 heteroatoms. The zero-order valence-electron chi connectivity index (χ0n) is 13.6. The summed E-state index contributed by atoms with van der Waals surface area (Å²) in [5.41, 5.74) is 5.68. The average Bonchev–Trinajstić information content (AvgIpc) is 3.06. The number of nitrogens with two attached hydrogens (primary N) is 1. The van der Waals surface area contributed by atoms with Crippen LogP contribution < -0.4 is 15.8 Å². The number of imidazole rings is 1. The Morgan fingerprint density at radius 2 is 2.22 bits per heavy atom. The molecule has 2 atom stereocenters. The quantitative estimate of drug-likeness (QED) is 0.625. The second kappa shape index (κ2) is 7.41. The van der Waals surface area contributed by atoms with Gasteiger partial charge in [-0.2, -0.15) is 0 Å². The fourth-order valence-corrected chi connectivity index (χ4v) is 3.88. The van der Waals surface area contributed by atoms with Gasteiger partial charge in [-0.1, -0.05) is 6.42 Å². The van der Waals surface area contributed by atoms with E-state index < -0.39 is 10.0 Å². The van der Waals surface area contributed by atoms with Gasteiger partial charge >= 0.3 is 0 Å². The predicted octanol–water partition coefficient (Wildman–Crippen LogP) is -0.359.